The van der Waals surface area contributed by atoms with E-state index < -0.39 is 11.9 Å². The number of aromatic nitrogens is 1. The summed E-state index contributed by atoms with van der Waals surface area (Å²) in [6.45, 7) is 10.0. The highest BCUT2D eigenvalue weighted by atomic mass is 16.5. The molecule has 0 bridgehead atoms. The highest BCUT2D eigenvalue weighted by Crippen LogP contribution is 2.33. The second kappa shape index (κ2) is 9.88. The molecule has 0 aliphatic rings. The van der Waals surface area contributed by atoms with Crippen LogP contribution in [-0.2, 0) is 9.47 Å². The van der Waals surface area contributed by atoms with Crippen molar-refractivity contribution < 1.29 is 23.8 Å². The molecule has 28 heavy (non-hydrogen) atoms. The van der Waals surface area contributed by atoms with E-state index in [2.05, 4.69) is 4.98 Å². The van der Waals surface area contributed by atoms with Crippen molar-refractivity contribution in [1.82, 2.24) is 4.98 Å². The van der Waals surface area contributed by atoms with E-state index in [9.17, 15) is 9.59 Å². The van der Waals surface area contributed by atoms with Gasteiger partial charge in [-0.1, -0.05) is 19.1 Å². The first-order valence-electron chi connectivity index (χ1n) is 9.53. The van der Waals surface area contributed by atoms with Gasteiger partial charge in [0.05, 0.1) is 42.3 Å². The van der Waals surface area contributed by atoms with Crippen molar-refractivity contribution in [2.75, 3.05) is 19.8 Å². The Morgan fingerprint density at radius 3 is 1.79 bits per heavy atom. The van der Waals surface area contributed by atoms with Crippen LogP contribution in [0.2, 0.25) is 0 Å². The SMILES string of the molecule is CCCOc1ccc(-c2c(C(=O)OCC)c(C)nc(C)c2C(=O)OCC)cc1. The van der Waals surface area contributed by atoms with Crippen LogP contribution in [0.1, 0.15) is 59.3 Å². The summed E-state index contributed by atoms with van der Waals surface area (Å²) in [6, 6.07) is 7.29. The monoisotopic (exact) mass is 385 g/mol. The van der Waals surface area contributed by atoms with Gasteiger partial charge >= 0.3 is 11.9 Å². The van der Waals surface area contributed by atoms with Crippen LogP contribution in [0.3, 0.4) is 0 Å². The van der Waals surface area contributed by atoms with Gasteiger partial charge in [-0.15, -0.1) is 0 Å². The maximum atomic E-state index is 12.7. The lowest BCUT2D eigenvalue weighted by atomic mass is 9.92. The normalized spacial score (nSPS) is 10.5. The number of carbonyl (C=O) groups excluding carboxylic acids is 2. The zero-order valence-corrected chi connectivity index (χ0v) is 17.1. The van der Waals surface area contributed by atoms with Crippen molar-refractivity contribution in [2.45, 2.75) is 41.0 Å². The minimum atomic E-state index is -0.514. The average molecular weight is 385 g/mol. The second-order valence-electron chi connectivity index (χ2n) is 6.22. The molecule has 6 heteroatoms. The molecule has 6 nitrogen and oxygen atoms in total. The van der Waals surface area contributed by atoms with Gasteiger partial charge in [0.1, 0.15) is 5.75 Å². The molecule has 0 saturated carbocycles. The minimum absolute atomic E-state index is 0.226. The van der Waals surface area contributed by atoms with Gasteiger partial charge in [0, 0.05) is 5.56 Å². The van der Waals surface area contributed by atoms with Crippen molar-refractivity contribution in [3.05, 3.63) is 46.8 Å². The van der Waals surface area contributed by atoms with E-state index in [0.717, 1.165) is 12.2 Å². The van der Waals surface area contributed by atoms with E-state index in [1.54, 1.807) is 27.7 Å². The molecule has 0 unspecified atom stereocenters. The van der Waals surface area contributed by atoms with E-state index in [1.165, 1.54) is 0 Å². The Labute approximate surface area is 165 Å². The highest BCUT2D eigenvalue weighted by molar-refractivity contribution is 6.07. The van der Waals surface area contributed by atoms with Crippen LogP contribution in [0, 0.1) is 13.8 Å². The van der Waals surface area contributed by atoms with Crippen LogP contribution >= 0.6 is 0 Å². The van der Waals surface area contributed by atoms with Gasteiger partial charge in [0.25, 0.3) is 0 Å². The minimum Gasteiger partial charge on any atom is -0.494 e. The van der Waals surface area contributed by atoms with Crippen molar-refractivity contribution in [2.24, 2.45) is 0 Å². The molecule has 0 radical (unpaired) electrons. The van der Waals surface area contributed by atoms with Gasteiger partial charge in [0.2, 0.25) is 0 Å². The molecule has 150 valence electrons. The lowest BCUT2D eigenvalue weighted by Gasteiger charge is -2.18. The third-order valence-electron chi connectivity index (χ3n) is 4.13. The summed E-state index contributed by atoms with van der Waals surface area (Å²) in [5, 5.41) is 0. The van der Waals surface area contributed by atoms with Crippen molar-refractivity contribution in [1.29, 1.82) is 0 Å². The maximum Gasteiger partial charge on any atom is 0.340 e. The van der Waals surface area contributed by atoms with Gasteiger partial charge in [-0.05, 0) is 51.8 Å². The Balaban J connectivity index is 2.69. The number of esters is 2. The van der Waals surface area contributed by atoms with Crippen LogP contribution in [0.15, 0.2) is 24.3 Å². The Morgan fingerprint density at radius 1 is 0.857 bits per heavy atom. The molecule has 2 aromatic rings. The first-order valence-corrected chi connectivity index (χ1v) is 9.53. The van der Waals surface area contributed by atoms with Crippen molar-refractivity contribution >= 4 is 11.9 Å². The summed E-state index contributed by atoms with van der Waals surface area (Å²) in [5.74, 6) is -0.304. The lowest BCUT2D eigenvalue weighted by molar-refractivity contribution is 0.0525. The molecule has 0 fully saturated rings. The van der Waals surface area contributed by atoms with Crippen LogP contribution < -0.4 is 4.74 Å². The molecule has 0 aliphatic heterocycles. The predicted octanol–water partition coefficient (Wildman–Crippen LogP) is 4.51. The molecule has 1 aromatic carbocycles. The predicted molar refractivity (Wildman–Crippen MR) is 107 cm³/mol. The Kier molecular flexibility index (Phi) is 7.55. The Bertz CT molecular complexity index is 801. The average Bonchev–Trinajstić information content (AvgIpc) is 2.66. The van der Waals surface area contributed by atoms with Gasteiger partial charge in [-0.25, -0.2) is 9.59 Å². The van der Waals surface area contributed by atoms with Crippen molar-refractivity contribution in [3.8, 4) is 16.9 Å². The molecule has 0 N–H and O–H groups in total. The second-order valence-corrected chi connectivity index (χ2v) is 6.22. The van der Waals surface area contributed by atoms with Gasteiger partial charge in [0.15, 0.2) is 0 Å². The maximum absolute atomic E-state index is 12.7. The molecule has 2 rings (SSSR count). The smallest absolute Gasteiger partial charge is 0.340 e. The molecule has 0 saturated heterocycles. The van der Waals surface area contributed by atoms with E-state index >= 15 is 0 Å². The lowest BCUT2D eigenvalue weighted by Crippen LogP contribution is -2.17. The molecular weight excluding hydrogens is 358 g/mol. The number of benzene rings is 1. The van der Waals surface area contributed by atoms with Gasteiger partial charge < -0.3 is 14.2 Å². The number of nitrogens with zero attached hydrogens (tertiary/aromatic N) is 1. The number of pyridine rings is 1. The standard InChI is InChI=1S/C22H27NO5/c1-6-13-28-17-11-9-16(10-12-17)20-18(21(24)26-7-2)14(4)23-15(5)19(20)22(25)27-8-3/h9-12H,6-8,13H2,1-5H3. The fraction of sp³-hybridized carbons (Fsp3) is 0.409. The summed E-state index contributed by atoms with van der Waals surface area (Å²) in [5.41, 5.74) is 2.73. The largest absolute Gasteiger partial charge is 0.494 e. The van der Waals surface area contributed by atoms with Gasteiger partial charge in [-0.2, -0.15) is 0 Å². The summed E-state index contributed by atoms with van der Waals surface area (Å²) in [6.07, 6.45) is 0.907. The molecule has 1 aromatic heterocycles. The zero-order chi connectivity index (χ0) is 20.7. The summed E-state index contributed by atoms with van der Waals surface area (Å²) in [4.78, 5) is 29.7. The van der Waals surface area contributed by atoms with Crippen LogP contribution in [0.4, 0.5) is 0 Å². The van der Waals surface area contributed by atoms with Gasteiger partial charge in [-0.3, -0.25) is 4.98 Å². The Hall–Kier alpha value is -2.89. The quantitative estimate of drug-likeness (QED) is 0.623. The van der Waals surface area contributed by atoms with Crippen LogP contribution in [0.25, 0.3) is 11.1 Å². The van der Waals surface area contributed by atoms with E-state index in [-0.39, 0.29) is 24.3 Å². The summed E-state index contributed by atoms with van der Waals surface area (Å²) in [7, 11) is 0. The Morgan fingerprint density at radius 2 is 1.36 bits per heavy atom. The van der Waals surface area contributed by atoms with Crippen LogP contribution in [0.5, 0.6) is 5.75 Å². The summed E-state index contributed by atoms with van der Waals surface area (Å²) < 4.78 is 16.1. The van der Waals surface area contributed by atoms with E-state index in [0.29, 0.717) is 29.1 Å². The topological polar surface area (TPSA) is 74.7 Å². The number of aryl methyl sites for hydroxylation is 2. The number of rotatable bonds is 8. The van der Waals surface area contributed by atoms with E-state index in [4.69, 9.17) is 14.2 Å². The van der Waals surface area contributed by atoms with Crippen molar-refractivity contribution in [3.63, 3.8) is 0 Å². The molecule has 0 aliphatic carbocycles. The fourth-order valence-electron chi connectivity index (χ4n) is 2.98. The zero-order valence-electron chi connectivity index (χ0n) is 17.1. The number of hydrogen-bond donors (Lipinski definition) is 0. The highest BCUT2D eigenvalue weighted by Gasteiger charge is 2.27. The third-order valence-corrected chi connectivity index (χ3v) is 4.13. The molecule has 0 atom stereocenters. The fourth-order valence-corrected chi connectivity index (χ4v) is 2.98. The first kappa shape index (κ1) is 21.4. The third kappa shape index (κ3) is 4.68. The number of hydrogen-bond acceptors (Lipinski definition) is 6. The van der Waals surface area contributed by atoms with E-state index in [1.807, 2.05) is 31.2 Å². The molecule has 1 heterocycles. The number of carbonyl (C=O) groups is 2. The first-order chi connectivity index (χ1) is 13.4. The molecule has 0 amide bonds. The molecule has 0 spiro atoms. The number of ether oxygens (including phenoxy) is 3. The van der Waals surface area contributed by atoms with Crippen LogP contribution in [-0.4, -0.2) is 36.7 Å². The molecular formula is C22H27NO5. The summed E-state index contributed by atoms with van der Waals surface area (Å²) >= 11 is 0.